The van der Waals surface area contributed by atoms with E-state index in [2.05, 4.69) is 5.32 Å². The molecule has 0 saturated heterocycles. The molecular weight excluding hydrogens is 238 g/mol. The van der Waals surface area contributed by atoms with Crippen LogP contribution in [-0.4, -0.2) is 18.5 Å². The van der Waals surface area contributed by atoms with Crippen molar-refractivity contribution in [3.05, 3.63) is 34.4 Å². The van der Waals surface area contributed by atoms with Gasteiger partial charge >= 0.3 is 0 Å². The van der Waals surface area contributed by atoms with Gasteiger partial charge < -0.3 is 11.1 Å². The highest BCUT2D eigenvalue weighted by atomic mass is 35.5. The summed E-state index contributed by atoms with van der Waals surface area (Å²) < 4.78 is 26.1. The first kappa shape index (κ1) is 12.9. The van der Waals surface area contributed by atoms with Gasteiger partial charge in [-0.05, 0) is 13.0 Å². The third-order valence-corrected chi connectivity index (χ3v) is 2.28. The van der Waals surface area contributed by atoms with E-state index < -0.39 is 17.5 Å². The average molecular weight is 249 g/mol. The zero-order valence-corrected chi connectivity index (χ0v) is 9.31. The summed E-state index contributed by atoms with van der Waals surface area (Å²) in [7, 11) is 0. The maximum absolute atomic E-state index is 13.2. The average Bonchev–Trinajstić information content (AvgIpc) is 2.23. The monoisotopic (exact) mass is 248 g/mol. The standard InChI is InChI=1S/C10H11ClF2N2O/c1-5(4-14)15-10(16)6-2-7(11)9(13)3-8(6)12/h2-3,5H,4,14H2,1H3,(H,15,16). The molecule has 0 heterocycles. The summed E-state index contributed by atoms with van der Waals surface area (Å²) in [5.41, 5.74) is 5.00. The molecule has 0 aliphatic heterocycles. The molecule has 0 bridgehead atoms. The third kappa shape index (κ3) is 2.90. The number of hydrogen-bond acceptors (Lipinski definition) is 2. The van der Waals surface area contributed by atoms with E-state index in [0.29, 0.717) is 6.07 Å². The Morgan fingerprint density at radius 1 is 1.50 bits per heavy atom. The molecule has 0 saturated carbocycles. The van der Waals surface area contributed by atoms with Crippen molar-refractivity contribution in [2.45, 2.75) is 13.0 Å². The van der Waals surface area contributed by atoms with Crippen molar-refractivity contribution in [1.29, 1.82) is 0 Å². The maximum Gasteiger partial charge on any atom is 0.254 e. The van der Waals surface area contributed by atoms with Crippen LogP contribution in [0.2, 0.25) is 5.02 Å². The fraction of sp³-hybridized carbons (Fsp3) is 0.300. The number of halogens is 3. The van der Waals surface area contributed by atoms with Crippen molar-refractivity contribution in [3.8, 4) is 0 Å². The maximum atomic E-state index is 13.2. The normalized spacial score (nSPS) is 12.3. The SMILES string of the molecule is CC(CN)NC(=O)c1cc(Cl)c(F)cc1F. The highest BCUT2D eigenvalue weighted by Crippen LogP contribution is 2.19. The fourth-order valence-electron chi connectivity index (χ4n) is 1.06. The Hall–Kier alpha value is -1.20. The molecule has 0 radical (unpaired) electrons. The molecule has 0 fully saturated rings. The molecule has 16 heavy (non-hydrogen) atoms. The number of nitrogens with one attached hydrogen (secondary N) is 1. The van der Waals surface area contributed by atoms with Gasteiger partial charge in [-0.2, -0.15) is 0 Å². The van der Waals surface area contributed by atoms with Crippen molar-refractivity contribution < 1.29 is 13.6 Å². The second kappa shape index (κ2) is 5.23. The number of nitrogens with two attached hydrogens (primary N) is 1. The van der Waals surface area contributed by atoms with Crippen molar-refractivity contribution in [2.24, 2.45) is 5.73 Å². The highest BCUT2D eigenvalue weighted by molar-refractivity contribution is 6.31. The number of amides is 1. The van der Waals surface area contributed by atoms with Gasteiger partial charge in [-0.15, -0.1) is 0 Å². The molecule has 6 heteroatoms. The van der Waals surface area contributed by atoms with Gasteiger partial charge in [0.1, 0.15) is 11.6 Å². The first-order chi connectivity index (χ1) is 7.45. The van der Waals surface area contributed by atoms with Gasteiger partial charge in [0.05, 0.1) is 10.6 Å². The van der Waals surface area contributed by atoms with Crippen molar-refractivity contribution in [2.75, 3.05) is 6.54 Å². The summed E-state index contributed by atoms with van der Waals surface area (Å²) in [5, 5.41) is 2.15. The quantitative estimate of drug-likeness (QED) is 0.800. The molecule has 3 nitrogen and oxygen atoms in total. The minimum atomic E-state index is -0.955. The Morgan fingerprint density at radius 2 is 2.12 bits per heavy atom. The Kier molecular flexibility index (Phi) is 4.20. The Balaban J connectivity index is 2.96. The molecule has 1 rings (SSSR count). The molecule has 0 aliphatic rings. The van der Waals surface area contributed by atoms with Crippen LogP contribution in [0.5, 0.6) is 0 Å². The lowest BCUT2D eigenvalue weighted by Gasteiger charge is -2.11. The van der Waals surface area contributed by atoms with Gasteiger partial charge in [0.25, 0.3) is 5.91 Å². The lowest BCUT2D eigenvalue weighted by molar-refractivity contribution is 0.0937. The van der Waals surface area contributed by atoms with Gasteiger partial charge in [0, 0.05) is 18.7 Å². The lowest BCUT2D eigenvalue weighted by Crippen LogP contribution is -2.38. The van der Waals surface area contributed by atoms with Crippen LogP contribution in [0.15, 0.2) is 12.1 Å². The molecule has 3 N–H and O–H groups in total. The Morgan fingerprint density at radius 3 is 2.69 bits per heavy atom. The van der Waals surface area contributed by atoms with E-state index in [4.69, 9.17) is 17.3 Å². The third-order valence-electron chi connectivity index (χ3n) is 1.99. The summed E-state index contributed by atoms with van der Waals surface area (Å²) in [6, 6.07) is 1.23. The highest BCUT2D eigenvalue weighted by Gasteiger charge is 2.16. The first-order valence-corrected chi connectivity index (χ1v) is 4.99. The van der Waals surface area contributed by atoms with Crippen LogP contribution in [0.3, 0.4) is 0 Å². The summed E-state index contributed by atoms with van der Waals surface area (Å²) >= 11 is 5.45. The summed E-state index contributed by atoms with van der Waals surface area (Å²) in [5.74, 6) is -2.52. The molecule has 0 aromatic heterocycles. The van der Waals surface area contributed by atoms with E-state index >= 15 is 0 Å². The number of benzene rings is 1. The van der Waals surface area contributed by atoms with Crippen molar-refractivity contribution >= 4 is 17.5 Å². The predicted molar refractivity (Wildman–Crippen MR) is 57.4 cm³/mol. The second-order valence-electron chi connectivity index (χ2n) is 3.36. The number of carbonyl (C=O) groups excluding carboxylic acids is 1. The smallest absolute Gasteiger partial charge is 0.254 e. The van der Waals surface area contributed by atoms with E-state index in [1.165, 1.54) is 0 Å². The predicted octanol–water partition coefficient (Wildman–Crippen LogP) is 1.70. The molecule has 1 unspecified atom stereocenters. The second-order valence-corrected chi connectivity index (χ2v) is 3.76. The number of hydrogen-bond donors (Lipinski definition) is 2. The van der Waals surface area contributed by atoms with Crippen molar-refractivity contribution in [1.82, 2.24) is 5.32 Å². The van der Waals surface area contributed by atoms with Crippen molar-refractivity contribution in [3.63, 3.8) is 0 Å². The van der Waals surface area contributed by atoms with E-state index in [1.807, 2.05) is 0 Å². The van der Waals surface area contributed by atoms with Crippen LogP contribution in [-0.2, 0) is 0 Å². The number of carbonyl (C=O) groups is 1. The van der Waals surface area contributed by atoms with Gasteiger partial charge in [-0.3, -0.25) is 4.79 Å². The minimum absolute atomic E-state index is 0.224. The van der Waals surface area contributed by atoms with Crippen LogP contribution in [0.25, 0.3) is 0 Å². The lowest BCUT2D eigenvalue weighted by atomic mass is 10.2. The van der Waals surface area contributed by atoms with E-state index in [0.717, 1.165) is 6.07 Å². The summed E-state index contributed by atoms with van der Waals surface area (Å²) in [6.45, 7) is 1.89. The first-order valence-electron chi connectivity index (χ1n) is 4.61. The summed E-state index contributed by atoms with van der Waals surface area (Å²) in [6.07, 6.45) is 0. The zero-order valence-electron chi connectivity index (χ0n) is 8.56. The van der Waals surface area contributed by atoms with Gasteiger partial charge in [0.2, 0.25) is 0 Å². The molecule has 1 aromatic rings. The van der Waals surface area contributed by atoms with Crippen LogP contribution in [0.4, 0.5) is 8.78 Å². The van der Waals surface area contributed by atoms with Gasteiger partial charge in [-0.25, -0.2) is 8.78 Å². The Labute approximate surface area is 96.6 Å². The molecular formula is C10H11ClF2N2O. The van der Waals surface area contributed by atoms with Gasteiger partial charge in [-0.1, -0.05) is 11.6 Å². The topological polar surface area (TPSA) is 55.1 Å². The van der Waals surface area contributed by atoms with Crippen LogP contribution < -0.4 is 11.1 Å². The zero-order chi connectivity index (χ0) is 12.3. The molecule has 1 amide bonds. The summed E-state index contributed by atoms with van der Waals surface area (Å²) in [4.78, 5) is 11.5. The van der Waals surface area contributed by atoms with E-state index in [-0.39, 0.29) is 23.2 Å². The van der Waals surface area contributed by atoms with Crippen LogP contribution in [0, 0.1) is 11.6 Å². The molecule has 88 valence electrons. The molecule has 0 spiro atoms. The molecule has 1 aromatic carbocycles. The fourth-order valence-corrected chi connectivity index (χ4v) is 1.22. The van der Waals surface area contributed by atoms with E-state index in [9.17, 15) is 13.6 Å². The minimum Gasteiger partial charge on any atom is -0.348 e. The largest absolute Gasteiger partial charge is 0.348 e. The Bertz CT molecular complexity index is 412. The van der Waals surface area contributed by atoms with Gasteiger partial charge in [0.15, 0.2) is 0 Å². The van der Waals surface area contributed by atoms with E-state index in [1.54, 1.807) is 6.92 Å². The van der Waals surface area contributed by atoms with Crippen LogP contribution >= 0.6 is 11.6 Å². The van der Waals surface area contributed by atoms with Crippen LogP contribution in [0.1, 0.15) is 17.3 Å². The number of rotatable bonds is 3. The molecule has 0 aliphatic carbocycles. The molecule has 1 atom stereocenters.